The molecule has 10 heteroatoms. The van der Waals surface area contributed by atoms with Crippen LogP contribution in [-0.4, -0.2) is 55.9 Å². The van der Waals surface area contributed by atoms with Gasteiger partial charge in [-0.3, -0.25) is 0 Å². The van der Waals surface area contributed by atoms with Crippen LogP contribution in [0.4, 0.5) is 0 Å². The number of rotatable bonds is 11. The molecular weight excluding hydrogens is 496 g/mol. The summed E-state index contributed by atoms with van der Waals surface area (Å²) < 4.78 is 36.5. The minimum absolute atomic E-state index is 0.136. The summed E-state index contributed by atoms with van der Waals surface area (Å²) in [6.07, 6.45) is 3.93. The van der Waals surface area contributed by atoms with Crippen molar-refractivity contribution in [2.24, 2.45) is 4.40 Å². The van der Waals surface area contributed by atoms with Gasteiger partial charge in [-0.05, 0) is 30.5 Å². The lowest BCUT2D eigenvalue weighted by Gasteiger charge is -2.13. The molecule has 2 aromatic carbocycles. The zero-order valence-corrected chi connectivity index (χ0v) is 22.7. The summed E-state index contributed by atoms with van der Waals surface area (Å²) in [7, 11) is -0.450. The molecule has 0 saturated heterocycles. The predicted octanol–water partition coefficient (Wildman–Crippen LogP) is 4.69. The minimum Gasteiger partial charge on any atom is -0.461 e. The predicted molar refractivity (Wildman–Crippen MR) is 144 cm³/mol. The molecule has 0 radical (unpaired) electrons. The van der Waals surface area contributed by atoms with E-state index in [4.69, 9.17) is 4.74 Å². The number of hydrogen-bond donors (Lipinski definition) is 1. The van der Waals surface area contributed by atoms with Crippen molar-refractivity contribution in [1.29, 1.82) is 0 Å². The Morgan fingerprint density at radius 2 is 1.83 bits per heavy atom. The van der Waals surface area contributed by atoms with Crippen LogP contribution >= 0.6 is 12.6 Å². The van der Waals surface area contributed by atoms with Crippen LogP contribution in [0.25, 0.3) is 11.1 Å². The van der Waals surface area contributed by atoms with Gasteiger partial charge in [-0.2, -0.15) is 8.42 Å². The van der Waals surface area contributed by atoms with Gasteiger partial charge in [0.2, 0.25) is 0 Å². The SMILES string of the molecule is CCCCc1nc(S)c(C(=O)OCC)n1Cc1ccc(-c2ccccc2S(=O)(=O)/N=C/N(C)C)cc1. The Bertz CT molecular complexity index is 1330. The zero-order valence-electron chi connectivity index (χ0n) is 21.0. The number of unbranched alkanes of at least 4 members (excludes halogenated alkanes) is 1. The Kier molecular flexibility index (Phi) is 9.33. The Labute approximate surface area is 218 Å². The van der Waals surface area contributed by atoms with E-state index in [-0.39, 0.29) is 11.5 Å². The van der Waals surface area contributed by atoms with Gasteiger partial charge < -0.3 is 14.2 Å². The highest BCUT2D eigenvalue weighted by molar-refractivity contribution is 7.90. The van der Waals surface area contributed by atoms with Gasteiger partial charge in [0.05, 0.1) is 11.5 Å². The maximum Gasteiger partial charge on any atom is 0.357 e. The normalized spacial score (nSPS) is 11.7. The highest BCUT2D eigenvalue weighted by atomic mass is 32.2. The van der Waals surface area contributed by atoms with Crippen LogP contribution < -0.4 is 0 Å². The first-order valence-corrected chi connectivity index (χ1v) is 13.7. The van der Waals surface area contributed by atoms with Crippen molar-refractivity contribution in [1.82, 2.24) is 14.5 Å². The number of sulfonamides is 1. The molecule has 0 bridgehead atoms. The summed E-state index contributed by atoms with van der Waals surface area (Å²) in [5.74, 6) is 0.330. The fourth-order valence-corrected chi connectivity index (χ4v) is 5.17. The van der Waals surface area contributed by atoms with Crippen molar-refractivity contribution in [2.75, 3.05) is 20.7 Å². The van der Waals surface area contributed by atoms with E-state index in [9.17, 15) is 13.2 Å². The van der Waals surface area contributed by atoms with Gasteiger partial charge >= 0.3 is 5.97 Å². The van der Waals surface area contributed by atoms with Gasteiger partial charge in [-0.25, -0.2) is 9.78 Å². The molecule has 0 aliphatic rings. The molecule has 0 fully saturated rings. The first-order valence-electron chi connectivity index (χ1n) is 11.8. The molecule has 8 nitrogen and oxygen atoms in total. The summed E-state index contributed by atoms with van der Waals surface area (Å²) in [5, 5.41) is 0.355. The molecule has 1 heterocycles. The Hall–Kier alpha value is -3.11. The number of nitrogens with zero attached hydrogens (tertiary/aromatic N) is 4. The summed E-state index contributed by atoms with van der Waals surface area (Å²) >= 11 is 4.44. The number of ether oxygens (including phenoxy) is 1. The lowest BCUT2D eigenvalue weighted by Crippen LogP contribution is -2.15. The summed E-state index contributed by atoms with van der Waals surface area (Å²) in [6.45, 7) is 4.53. The average molecular weight is 529 g/mol. The van der Waals surface area contributed by atoms with Crippen molar-refractivity contribution in [3.63, 3.8) is 0 Å². The van der Waals surface area contributed by atoms with Gasteiger partial charge in [-0.15, -0.1) is 17.0 Å². The lowest BCUT2D eigenvalue weighted by molar-refractivity contribution is 0.0509. The molecule has 192 valence electrons. The van der Waals surface area contributed by atoms with Crippen molar-refractivity contribution < 1.29 is 17.9 Å². The number of thiol groups is 1. The molecule has 1 aromatic heterocycles. The number of aromatic nitrogens is 2. The molecule has 36 heavy (non-hydrogen) atoms. The third-order valence-corrected chi connectivity index (χ3v) is 7.03. The first-order chi connectivity index (χ1) is 17.2. The zero-order chi connectivity index (χ0) is 26.3. The molecule has 0 aliphatic carbocycles. The number of esters is 1. The molecular formula is C26H32N4O4S2. The number of carbonyl (C=O) groups excluding carboxylic acids is 1. The second-order valence-corrected chi connectivity index (χ2v) is 10.5. The average Bonchev–Trinajstić information content (AvgIpc) is 3.16. The molecule has 0 unspecified atom stereocenters. The minimum atomic E-state index is -3.87. The number of hydrogen-bond acceptors (Lipinski definition) is 6. The third kappa shape index (κ3) is 6.55. The highest BCUT2D eigenvalue weighted by Crippen LogP contribution is 2.29. The number of aryl methyl sites for hydroxylation is 1. The quantitative estimate of drug-likeness (QED) is 0.168. The lowest BCUT2D eigenvalue weighted by atomic mass is 10.0. The standard InChI is InChI=1S/C26H32N4O4S2/c1-5-7-12-23-28-25(35)24(26(31)34-6-2)30(23)17-19-13-15-20(16-14-19)21-10-8-9-11-22(21)36(32,33)27-18-29(3)4/h8-11,13-16,18,35H,5-7,12,17H2,1-4H3/b27-18+. The van der Waals surface area contributed by atoms with E-state index in [1.54, 1.807) is 50.2 Å². The van der Waals surface area contributed by atoms with Crippen LogP contribution in [0.1, 0.15) is 48.6 Å². The second-order valence-electron chi connectivity index (χ2n) is 8.46. The van der Waals surface area contributed by atoms with Gasteiger partial charge in [0.15, 0.2) is 5.69 Å². The van der Waals surface area contributed by atoms with E-state index in [0.29, 0.717) is 22.8 Å². The molecule has 3 rings (SSSR count). The number of carbonyl (C=O) groups is 1. The Morgan fingerprint density at radius 3 is 2.47 bits per heavy atom. The molecule has 0 aliphatic heterocycles. The van der Waals surface area contributed by atoms with Gasteiger partial charge in [0.1, 0.15) is 17.2 Å². The van der Waals surface area contributed by atoms with Crippen molar-refractivity contribution >= 4 is 35.0 Å². The van der Waals surface area contributed by atoms with E-state index >= 15 is 0 Å². The van der Waals surface area contributed by atoms with Crippen LogP contribution in [-0.2, 0) is 27.7 Å². The van der Waals surface area contributed by atoms with Gasteiger partial charge in [0, 0.05) is 32.6 Å². The van der Waals surface area contributed by atoms with E-state index < -0.39 is 16.0 Å². The first kappa shape index (κ1) is 27.5. The van der Waals surface area contributed by atoms with E-state index in [1.807, 2.05) is 28.8 Å². The molecule has 0 saturated carbocycles. The van der Waals surface area contributed by atoms with Crippen LogP contribution in [0.2, 0.25) is 0 Å². The molecule has 0 amide bonds. The van der Waals surface area contributed by atoms with Crippen LogP contribution in [0, 0.1) is 0 Å². The molecule has 3 aromatic rings. The van der Waals surface area contributed by atoms with Crippen LogP contribution in [0.15, 0.2) is 62.9 Å². The van der Waals surface area contributed by atoms with E-state index in [0.717, 1.165) is 36.2 Å². The Morgan fingerprint density at radius 1 is 1.14 bits per heavy atom. The van der Waals surface area contributed by atoms with E-state index in [1.165, 1.54) is 6.34 Å². The smallest absolute Gasteiger partial charge is 0.357 e. The molecule has 0 N–H and O–H groups in total. The van der Waals surface area contributed by atoms with Gasteiger partial charge in [-0.1, -0.05) is 55.8 Å². The van der Waals surface area contributed by atoms with Crippen molar-refractivity contribution in [3.8, 4) is 11.1 Å². The van der Waals surface area contributed by atoms with Crippen molar-refractivity contribution in [2.45, 2.75) is 49.6 Å². The van der Waals surface area contributed by atoms with Crippen molar-refractivity contribution in [3.05, 3.63) is 65.6 Å². The topological polar surface area (TPSA) is 93.9 Å². The summed E-state index contributed by atoms with van der Waals surface area (Å²) in [5.41, 5.74) is 2.58. The van der Waals surface area contributed by atoms with Crippen LogP contribution in [0.3, 0.4) is 0 Å². The second kappa shape index (κ2) is 12.2. The number of imidazole rings is 1. The van der Waals surface area contributed by atoms with Gasteiger partial charge in [0.25, 0.3) is 10.0 Å². The maximum absolute atomic E-state index is 12.8. The highest BCUT2D eigenvalue weighted by Gasteiger charge is 2.23. The summed E-state index contributed by atoms with van der Waals surface area (Å²) in [4.78, 5) is 18.9. The molecule has 0 atom stereocenters. The molecule has 0 spiro atoms. The fraction of sp³-hybridized carbons (Fsp3) is 0.346. The third-order valence-electron chi connectivity index (χ3n) is 5.44. The summed E-state index contributed by atoms with van der Waals surface area (Å²) in [6, 6.07) is 14.4. The number of benzene rings is 2. The monoisotopic (exact) mass is 528 g/mol. The fourth-order valence-electron chi connectivity index (χ4n) is 3.70. The van der Waals surface area contributed by atoms with E-state index in [2.05, 4.69) is 28.9 Å². The van der Waals surface area contributed by atoms with Crippen LogP contribution in [0.5, 0.6) is 0 Å². The largest absolute Gasteiger partial charge is 0.461 e. The Balaban J connectivity index is 1.96. The maximum atomic E-state index is 12.8.